The first-order valence-corrected chi connectivity index (χ1v) is 11.4. The van der Waals surface area contributed by atoms with Crippen molar-refractivity contribution in [3.63, 3.8) is 0 Å². The molecule has 2 amide bonds. The van der Waals surface area contributed by atoms with Gasteiger partial charge in [0.1, 0.15) is 0 Å². The van der Waals surface area contributed by atoms with Gasteiger partial charge in [0.2, 0.25) is 15.9 Å². The molecule has 10 heteroatoms. The van der Waals surface area contributed by atoms with Gasteiger partial charge in [0.15, 0.2) is 0 Å². The van der Waals surface area contributed by atoms with E-state index in [0.29, 0.717) is 49.0 Å². The largest absolute Gasteiger partial charge is 0.379 e. The molecule has 0 radical (unpaired) electrons. The van der Waals surface area contributed by atoms with Crippen LogP contribution in [-0.2, 0) is 19.6 Å². The third kappa shape index (κ3) is 4.30. The number of fused-ring (bicyclic) bond motifs is 1. The number of nitrogens with zero attached hydrogens (tertiary/aromatic N) is 1. The molecule has 0 aromatic heterocycles. The zero-order valence-corrected chi connectivity index (χ0v) is 17.0. The molecule has 1 saturated heterocycles. The standard InChI is InChI=1S/C19H19N3O5S2/c23-18-12-28-17-6-1-13(11-16(17)21-18)19(24)20-14-2-4-15(5-3-14)29(25,26)22-7-9-27-10-8-22/h1-6,11H,7-10,12H2,(H,20,24)(H,21,23). The van der Waals surface area contributed by atoms with Gasteiger partial charge >= 0.3 is 0 Å². The SMILES string of the molecule is O=C1CSc2ccc(C(=O)Nc3ccc(S(=O)(=O)N4CCOCC4)cc3)cc2N1. The monoisotopic (exact) mass is 433 g/mol. The van der Waals surface area contributed by atoms with Gasteiger partial charge in [0, 0.05) is 29.2 Å². The van der Waals surface area contributed by atoms with Crippen molar-refractivity contribution in [2.75, 3.05) is 42.7 Å². The highest BCUT2D eigenvalue weighted by atomic mass is 32.2. The number of carbonyl (C=O) groups excluding carboxylic acids is 2. The molecule has 0 spiro atoms. The number of hydrogen-bond donors (Lipinski definition) is 2. The van der Waals surface area contributed by atoms with Crippen LogP contribution < -0.4 is 10.6 Å². The lowest BCUT2D eigenvalue weighted by Gasteiger charge is -2.26. The predicted octanol–water partition coefficient (Wildman–Crippen LogP) is 2.00. The highest BCUT2D eigenvalue weighted by Crippen LogP contribution is 2.32. The molecule has 2 aromatic rings. The van der Waals surface area contributed by atoms with E-state index in [4.69, 9.17) is 4.74 Å². The summed E-state index contributed by atoms with van der Waals surface area (Å²) >= 11 is 1.42. The second-order valence-corrected chi connectivity index (χ2v) is 9.50. The van der Waals surface area contributed by atoms with Crippen LogP contribution in [0.5, 0.6) is 0 Å². The molecule has 1 fully saturated rings. The maximum atomic E-state index is 12.7. The summed E-state index contributed by atoms with van der Waals surface area (Å²) in [6.45, 7) is 1.42. The molecule has 2 N–H and O–H groups in total. The molecule has 4 rings (SSSR count). The lowest BCUT2D eigenvalue weighted by Crippen LogP contribution is -2.40. The Morgan fingerprint density at radius 2 is 1.83 bits per heavy atom. The minimum atomic E-state index is -3.58. The molecule has 0 saturated carbocycles. The fraction of sp³-hybridized carbons (Fsp3) is 0.263. The maximum Gasteiger partial charge on any atom is 0.255 e. The third-order valence-corrected chi connectivity index (χ3v) is 7.58. The Bertz CT molecular complexity index is 1050. The molecule has 0 atom stereocenters. The number of thioether (sulfide) groups is 1. The van der Waals surface area contributed by atoms with Crippen molar-refractivity contribution in [1.29, 1.82) is 0 Å². The van der Waals surface area contributed by atoms with E-state index in [1.165, 1.54) is 28.2 Å². The quantitative estimate of drug-likeness (QED) is 0.764. The topological polar surface area (TPSA) is 105 Å². The van der Waals surface area contributed by atoms with Crippen LogP contribution >= 0.6 is 11.8 Å². The van der Waals surface area contributed by atoms with E-state index in [-0.39, 0.29) is 16.7 Å². The first kappa shape index (κ1) is 19.9. The second kappa shape index (κ2) is 8.15. The van der Waals surface area contributed by atoms with Crippen LogP contribution in [0.25, 0.3) is 0 Å². The molecule has 2 aliphatic heterocycles. The summed E-state index contributed by atoms with van der Waals surface area (Å²) in [4.78, 5) is 25.2. The minimum absolute atomic E-state index is 0.0999. The fourth-order valence-corrected chi connectivity index (χ4v) is 5.27. The lowest BCUT2D eigenvalue weighted by molar-refractivity contribution is -0.113. The van der Waals surface area contributed by atoms with E-state index < -0.39 is 10.0 Å². The Balaban J connectivity index is 1.47. The summed E-state index contributed by atoms with van der Waals surface area (Å²) in [5.41, 5.74) is 1.49. The van der Waals surface area contributed by atoms with Gasteiger partial charge in [0.05, 0.1) is 29.5 Å². The summed E-state index contributed by atoms with van der Waals surface area (Å²) in [5, 5.41) is 5.50. The van der Waals surface area contributed by atoms with Crippen molar-refractivity contribution < 1.29 is 22.7 Å². The van der Waals surface area contributed by atoms with Gasteiger partial charge in [-0.25, -0.2) is 8.42 Å². The lowest BCUT2D eigenvalue weighted by atomic mass is 10.1. The van der Waals surface area contributed by atoms with Gasteiger partial charge in [-0.1, -0.05) is 0 Å². The van der Waals surface area contributed by atoms with Crippen LogP contribution in [0.2, 0.25) is 0 Å². The van der Waals surface area contributed by atoms with Gasteiger partial charge in [-0.05, 0) is 42.5 Å². The highest BCUT2D eigenvalue weighted by Gasteiger charge is 2.26. The molecular formula is C19H19N3O5S2. The van der Waals surface area contributed by atoms with Crippen molar-refractivity contribution in [1.82, 2.24) is 4.31 Å². The smallest absolute Gasteiger partial charge is 0.255 e. The molecule has 29 heavy (non-hydrogen) atoms. The summed E-state index contributed by atoms with van der Waals surface area (Å²) in [7, 11) is -3.58. The van der Waals surface area contributed by atoms with Gasteiger partial charge in [-0.15, -0.1) is 11.8 Å². The molecule has 2 heterocycles. The molecule has 2 aromatic carbocycles. The Morgan fingerprint density at radius 1 is 1.10 bits per heavy atom. The van der Waals surface area contributed by atoms with Crippen LogP contribution in [0.4, 0.5) is 11.4 Å². The number of sulfonamides is 1. The van der Waals surface area contributed by atoms with E-state index in [2.05, 4.69) is 10.6 Å². The van der Waals surface area contributed by atoms with Crippen molar-refractivity contribution in [2.45, 2.75) is 9.79 Å². The van der Waals surface area contributed by atoms with Gasteiger partial charge in [0.25, 0.3) is 5.91 Å². The zero-order chi connectivity index (χ0) is 20.4. The average molecular weight is 434 g/mol. The Labute approximate surface area is 172 Å². The van der Waals surface area contributed by atoms with E-state index in [1.54, 1.807) is 30.3 Å². The molecule has 2 aliphatic rings. The maximum absolute atomic E-state index is 12.7. The summed E-state index contributed by atoms with van der Waals surface area (Å²) in [5.74, 6) is -0.0864. The number of hydrogen-bond acceptors (Lipinski definition) is 6. The molecule has 8 nitrogen and oxygen atoms in total. The normalized spacial score (nSPS) is 17.3. The van der Waals surface area contributed by atoms with Crippen LogP contribution in [0, 0.1) is 0 Å². The van der Waals surface area contributed by atoms with Crippen molar-refractivity contribution in [3.05, 3.63) is 48.0 Å². The highest BCUT2D eigenvalue weighted by molar-refractivity contribution is 8.00. The number of amides is 2. The first-order valence-electron chi connectivity index (χ1n) is 8.99. The second-order valence-electron chi connectivity index (χ2n) is 6.54. The number of rotatable bonds is 4. The molecule has 0 aliphatic carbocycles. The third-order valence-electron chi connectivity index (χ3n) is 4.59. The summed E-state index contributed by atoms with van der Waals surface area (Å²) in [6, 6.07) is 11.2. The van der Waals surface area contributed by atoms with Crippen LogP contribution in [0.1, 0.15) is 10.4 Å². The van der Waals surface area contributed by atoms with E-state index in [0.717, 1.165) is 4.90 Å². The van der Waals surface area contributed by atoms with Gasteiger partial charge in [-0.3, -0.25) is 9.59 Å². The number of ether oxygens (including phenoxy) is 1. The zero-order valence-electron chi connectivity index (χ0n) is 15.4. The first-order chi connectivity index (χ1) is 13.9. The fourth-order valence-electron chi connectivity index (χ4n) is 3.07. The van der Waals surface area contributed by atoms with E-state index in [9.17, 15) is 18.0 Å². The Kier molecular flexibility index (Phi) is 5.59. The Hall–Kier alpha value is -2.40. The summed E-state index contributed by atoms with van der Waals surface area (Å²) in [6.07, 6.45) is 0. The minimum Gasteiger partial charge on any atom is -0.379 e. The Morgan fingerprint density at radius 3 is 2.55 bits per heavy atom. The average Bonchev–Trinajstić information content (AvgIpc) is 2.74. The molecule has 152 valence electrons. The van der Waals surface area contributed by atoms with Gasteiger partial charge < -0.3 is 15.4 Å². The van der Waals surface area contributed by atoms with Crippen molar-refractivity contribution in [3.8, 4) is 0 Å². The summed E-state index contributed by atoms with van der Waals surface area (Å²) < 4.78 is 31.9. The number of benzene rings is 2. The molecule has 0 bridgehead atoms. The van der Waals surface area contributed by atoms with Crippen molar-refractivity contribution in [2.24, 2.45) is 0 Å². The molecule has 0 unspecified atom stereocenters. The van der Waals surface area contributed by atoms with Crippen molar-refractivity contribution >= 4 is 45.0 Å². The number of carbonyl (C=O) groups is 2. The number of nitrogens with one attached hydrogen (secondary N) is 2. The van der Waals surface area contributed by atoms with E-state index >= 15 is 0 Å². The van der Waals surface area contributed by atoms with Crippen LogP contribution in [0.15, 0.2) is 52.3 Å². The van der Waals surface area contributed by atoms with Crippen LogP contribution in [-0.4, -0.2) is 56.6 Å². The predicted molar refractivity (Wildman–Crippen MR) is 110 cm³/mol. The number of morpholine rings is 1. The van der Waals surface area contributed by atoms with E-state index in [1.807, 2.05) is 0 Å². The molecular weight excluding hydrogens is 414 g/mol. The van der Waals surface area contributed by atoms with Crippen LogP contribution in [0.3, 0.4) is 0 Å². The number of anilines is 2. The van der Waals surface area contributed by atoms with Gasteiger partial charge in [-0.2, -0.15) is 4.31 Å².